The normalized spacial score (nSPS) is 11.0. The topological polar surface area (TPSA) is 280 Å². The van der Waals surface area contributed by atoms with Gasteiger partial charge in [-0.25, -0.2) is 0 Å². The predicted octanol–water partition coefficient (Wildman–Crippen LogP) is 13.2. The SMILES string of the molecule is C=CC(=O)N(C)CCCOC(=O)CCC.C=CC(=O)N(CCCOC(=O)C(C)(C)C)C(C)(C)C.C=CC(=O)N(CCCOC(=O)C(C)C)C(C)(C)C.C=CC(=O)N(CCCOC(=O)CC(C)C)C(C)(C)C.C=CC(=O)N(CCCOC(=O)CC)C(C)(C)C.C=CC(=O)N(CCCOC(C)=O)C(C)(C)C. The Bertz CT molecular complexity index is 2640. The lowest BCUT2D eigenvalue weighted by molar-refractivity contribution is -0.153. The summed E-state index contributed by atoms with van der Waals surface area (Å²) >= 11 is 0. The highest BCUT2D eigenvalue weighted by Crippen LogP contribution is 2.20. The van der Waals surface area contributed by atoms with Crippen LogP contribution in [0, 0.1) is 17.3 Å². The number of carbonyl (C=O) groups is 12. The molecule has 0 saturated carbocycles. The van der Waals surface area contributed by atoms with Crippen LogP contribution < -0.4 is 0 Å². The van der Waals surface area contributed by atoms with E-state index in [1.54, 1.807) is 57.2 Å². The molecule has 0 aliphatic heterocycles. The minimum atomic E-state index is -0.485. The van der Waals surface area contributed by atoms with Gasteiger partial charge in [0.15, 0.2) is 0 Å². The Morgan fingerprint density at radius 3 is 0.856 bits per heavy atom. The van der Waals surface area contributed by atoms with Crippen molar-refractivity contribution in [1.29, 1.82) is 0 Å². The summed E-state index contributed by atoms with van der Waals surface area (Å²) in [6, 6.07) is 0. The standard InChI is InChI=1S/2C15H27NO3.C14H25NO3.C13H23NO3.C12H21NO3.C11H19NO3/c1-8-12(17)16(15(5,6)7)10-9-11-19-13(18)14(2,3)4;1-7-13(17)16(15(4,5)6)9-8-10-19-14(18)11-12(2)3;1-7-12(16)15(14(4,5)6)9-8-10-18-13(17)11(2)3;1-6-11(15)14(13(3,4)5)9-8-10-17-12(16)7-2;1-6-11(15)13(12(3,4)5)8-7-9-16-10(2)14;1-4-7-11(14)15-9-6-8-12(3)10(13)5-2/h8H,1,9-11H2,2-7H3;7,12H,1,8-11H2,2-6H3;7,11H,1,8-10H2,2-6H3;6H,1,7-10H2,2-5H3;6H,1,7-9H2,2-5H3;5H,2,4,6-9H2,1,3H3. The number of hydrogen-bond acceptors (Lipinski definition) is 18. The highest BCUT2D eigenvalue weighted by atomic mass is 16.6. The van der Waals surface area contributed by atoms with Crippen LogP contribution in [0.25, 0.3) is 0 Å². The van der Waals surface area contributed by atoms with Gasteiger partial charge in [0.25, 0.3) is 0 Å². The third-order valence-electron chi connectivity index (χ3n) is 14.0. The van der Waals surface area contributed by atoms with Crippen molar-refractivity contribution in [1.82, 2.24) is 29.4 Å². The molecule has 0 radical (unpaired) electrons. The minimum absolute atomic E-state index is 0.0963. The summed E-state index contributed by atoms with van der Waals surface area (Å²) in [5.74, 6) is -1.68. The molecule has 0 aromatic heterocycles. The zero-order chi connectivity index (χ0) is 82.6. The van der Waals surface area contributed by atoms with Crippen molar-refractivity contribution < 1.29 is 86.0 Å². The first-order valence-electron chi connectivity index (χ1n) is 36.1. The van der Waals surface area contributed by atoms with Gasteiger partial charge in [0, 0.05) is 100 Å². The van der Waals surface area contributed by atoms with E-state index < -0.39 is 5.41 Å². The number of ether oxygens (including phenoxy) is 6. The first kappa shape index (κ1) is 107. The van der Waals surface area contributed by atoms with E-state index in [2.05, 4.69) is 39.5 Å². The Hall–Kier alpha value is -7.92. The van der Waals surface area contributed by atoms with Crippen LogP contribution in [-0.4, -0.2) is 214 Å². The van der Waals surface area contributed by atoms with E-state index in [9.17, 15) is 57.5 Å². The van der Waals surface area contributed by atoms with E-state index in [0.717, 1.165) is 6.42 Å². The van der Waals surface area contributed by atoms with Crippen molar-refractivity contribution >= 4 is 71.3 Å². The Balaban J connectivity index is -0.000000278. The van der Waals surface area contributed by atoms with Crippen LogP contribution in [-0.2, 0) is 86.0 Å². The number of nitrogens with zero attached hydrogens (tertiary/aromatic N) is 6. The van der Waals surface area contributed by atoms with Crippen molar-refractivity contribution in [3.05, 3.63) is 75.9 Å². The molecule has 104 heavy (non-hydrogen) atoms. The summed E-state index contributed by atoms with van der Waals surface area (Å²) in [4.78, 5) is 146. The largest absolute Gasteiger partial charge is 0.466 e. The fraction of sp³-hybridized carbons (Fsp3) is 0.700. The van der Waals surface area contributed by atoms with E-state index in [-0.39, 0.29) is 105 Å². The van der Waals surface area contributed by atoms with Crippen molar-refractivity contribution in [3.63, 3.8) is 0 Å². The quantitative estimate of drug-likeness (QED) is 0.0244. The Labute approximate surface area is 628 Å². The summed E-state index contributed by atoms with van der Waals surface area (Å²) < 4.78 is 30.1. The number of amides is 6. The lowest BCUT2D eigenvalue weighted by atomic mass is 9.97. The summed E-state index contributed by atoms with van der Waals surface area (Å²) in [5.41, 5.74) is -1.76. The van der Waals surface area contributed by atoms with Crippen molar-refractivity contribution in [3.8, 4) is 0 Å². The van der Waals surface area contributed by atoms with Gasteiger partial charge in [-0.3, -0.25) is 57.5 Å². The Kier molecular flexibility index (Phi) is 58.1. The molecule has 0 N–H and O–H groups in total. The van der Waals surface area contributed by atoms with Gasteiger partial charge >= 0.3 is 35.8 Å². The molecule has 0 spiro atoms. The molecule has 0 aromatic rings. The number of hydrogen-bond donors (Lipinski definition) is 0. The van der Waals surface area contributed by atoms with Crippen LogP contribution in [0.4, 0.5) is 0 Å². The number of esters is 6. The van der Waals surface area contributed by atoms with Gasteiger partial charge < -0.3 is 57.8 Å². The zero-order valence-corrected chi connectivity index (χ0v) is 69.4. The van der Waals surface area contributed by atoms with Crippen molar-refractivity contribution in [2.24, 2.45) is 17.3 Å². The molecule has 0 aliphatic rings. The second kappa shape index (κ2) is 56.5. The van der Waals surface area contributed by atoms with Crippen LogP contribution >= 0.6 is 0 Å². The molecule has 0 aromatic carbocycles. The molecule has 6 amide bonds. The van der Waals surface area contributed by atoms with Gasteiger partial charge in [0.2, 0.25) is 35.4 Å². The molecule has 0 unspecified atom stereocenters. The van der Waals surface area contributed by atoms with Crippen LogP contribution in [0.1, 0.15) is 237 Å². The average molecular weight is 1480 g/mol. The third kappa shape index (κ3) is 57.5. The van der Waals surface area contributed by atoms with E-state index in [1.807, 2.05) is 145 Å². The first-order valence-corrected chi connectivity index (χ1v) is 36.1. The molecule has 0 heterocycles. The molecule has 24 nitrogen and oxygen atoms in total. The maximum absolute atomic E-state index is 11.7. The molecule has 0 fully saturated rings. The monoisotopic (exact) mass is 1480 g/mol. The predicted molar refractivity (Wildman–Crippen MR) is 414 cm³/mol. The van der Waals surface area contributed by atoms with Gasteiger partial charge in [-0.15, -0.1) is 0 Å². The van der Waals surface area contributed by atoms with Crippen molar-refractivity contribution in [2.45, 2.75) is 265 Å². The van der Waals surface area contributed by atoms with E-state index >= 15 is 0 Å². The molecular formula is C80H142N6O18. The van der Waals surface area contributed by atoms with Crippen LogP contribution in [0.2, 0.25) is 0 Å². The second-order valence-electron chi connectivity index (χ2n) is 30.8. The Morgan fingerprint density at radius 1 is 0.356 bits per heavy atom. The maximum Gasteiger partial charge on any atom is 0.311 e. The van der Waals surface area contributed by atoms with Crippen LogP contribution in [0.3, 0.4) is 0 Å². The lowest BCUT2D eigenvalue weighted by Crippen LogP contribution is -2.45. The average Bonchev–Trinajstić information content (AvgIpc) is 0.894. The molecule has 0 bridgehead atoms. The van der Waals surface area contributed by atoms with Crippen LogP contribution in [0.15, 0.2) is 75.9 Å². The summed E-state index contributed by atoms with van der Waals surface area (Å²) in [6.07, 6.45) is 13.7. The molecule has 0 atom stereocenters. The number of rotatable bonds is 36. The van der Waals surface area contributed by atoms with Crippen molar-refractivity contribution in [2.75, 3.05) is 86.0 Å². The molecule has 600 valence electrons. The highest BCUT2D eigenvalue weighted by molar-refractivity contribution is 5.90. The third-order valence-corrected chi connectivity index (χ3v) is 14.0. The second-order valence-corrected chi connectivity index (χ2v) is 30.8. The molecular weight excluding hydrogens is 1330 g/mol. The van der Waals surface area contributed by atoms with Gasteiger partial charge in [0.1, 0.15) is 0 Å². The van der Waals surface area contributed by atoms with Crippen LogP contribution in [0.5, 0.6) is 0 Å². The summed E-state index contributed by atoms with van der Waals surface area (Å²) in [5, 5.41) is 0. The fourth-order valence-electron chi connectivity index (χ4n) is 8.38. The van der Waals surface area contributed by atoms with Gasteiger partial charge in [-0.2, -0.15) is 0 Å². The Morgan fingerprint density at radius 2 is 0.615 bits per heavy atom. The van der Waals surface area contributed by atoms with E-state index in [1.165, 1.54) is 43.4 Å². The lowest BCUT2D eigenvalue weighted by Gasteiger charge is -2.35. The molecule has 0 saturated heterocycles. The minimum Gasteiger partial charge on any atom is -0.466 e. The van der Waals surface area contributed by atoms with Gasteiger partial charge in [0.05, 0.1) is 51.0 Å². The van der Waals surface area contributed by atoms with E-state index in [4.69, 9.17) is 28.4 Å². The fourth-order valence-corrected chi connectivity index (χ4v) is 8.38. The maximum atomic E-state index is 11.7. The first-order chi connectivity index (χ1) is 47.6. The van der Waals surface area contributed by atoms with Gasteiger partial charge in [-0.05, 0) is 212 Å². The van der Waals surface area contributed by atoms with Gasteiger partial charge in [-0.1, -0.05) is 81.0 Å². The summed E-state index contributed by atoms with van der Waals surface area (Å²) in [6.45, 7) is 73.8. The zero-order valence-electron chi connectivity index (χ0n) is 69.4. The smallest absolute Gasteiger partial charge is 0.311 e. The van der Waals surface area contributed by atoms with E-state index in [0.29, 0.717) is 143 Å². The summed E-state index contributed by atoms with van der Waals surface area (Å²) in [7, 11) is 1.69. The highest BCUT2D eigenvalue weighted by Gasteiger charge is 2.29. The number of carbonyl (C=O) groups excluding carboxylic acids is 12. The molecule has 0 aliphatic carbocycles. The molecule has 0 rings (SSSR count). The number of likely N-dealkylation sites (N-methyl/N-ethyl adjacent to an activating group) is 1. The molecule has 24 heteroatoms.